The molecule has 0 spiro atoms. The summed E-state index contributed by atoms with van der Waals surface area (Å²) in [6, 6.07) is 16.5. The number of halogens is 2. The van der Waals surface area contributed by atoms with E-state index in [0.29, 0.717) is 32.6 Å². The number of carbonyl (C=O) groups excluding carboxylic acids is 1. The van der Waals surface area contributed by atoms with Crippen molar-refractivity contribution in [2.45, 2.75) is 37.7 Å². The molecule has 0 saturated heterocycles. The Hall–Kier alpha value is -3.20. The summed E-state index contributed by atoms with van der Waals surface area (Å²) in [5, 5.41) is 13.7. The molecule has 0 aliphatic carbocycles. The second-order valence-electron chi connectivity index (χ2n) is 8.91. The standard InChI is InChI=1S/C29H30ClFN2O4S/c1-3-38(36,37)26-9-5-20(6-10-26)27(18-34)32-29(35)22-7-11-28-23(15-22)17-25(33(28)13-12-31)16-21-4-8-24(30)14-19(21)2/h4-11,14-15,17,27,34H,3,12-13,16,18H2,1-2H3,(H,32,35)/t27-/m0/s1/i16D2. The predicted molar refractivity (Wildman–Crippen MR) is 148 cm³/mol. The Morgan fingerprint density at radius 1 is 1.13 bits per heavy atom. The van der Waals surface area contributed by atoms with Crippen LogP contribution in [0.4, 0.5) is 4.39 Å². The maximum absolute atomic E-state index is 13.6. The van der Waals surface area contributed by atoms with E-state index in [4.69, 9.17) is 14.3 Å². The van der Waals surface area contributed by atoms with Crippen LogP contribution >= 0.6 is 11.6 Å². The first kappa shape index (κ1) is 25.1. The number of aliphatic hydroxyl groups excluding tert-OH is 1. The Kier molecular flexibility index (Phi) is 7.71. The lowest BCUT2D eigenvalue weighted by atomic mass is 10.0. The van der Waals surface area contributed by atoms with Crippen LogP contribution in [0.2, 0.25) is 5.02 Å². The van der Waals surface area contributed by atoms with Gasteiger partial charge in [-0.2, -0.15) is 0 Å². The van der Waals surface area contributed by atoms with Crippen LogP contribution < -0.4 is 5.32 Å². The molecule has 0 bridgehead atoms. The van der Waals surface area contributed by atoms with Crippen LogP contribution in [0.5, 0.6) is 0 Å². The fraction of sp³-hybridized carbons (Fsp3) is 0.276. The van der Waals surface area contributed by atoms with E-state index in [1.807, 2.05) is 0 Å². The van der Waals surface area contributed by atoms with Crippen molar-refractivity contribution in [3.8, 4) is 0 Å². The Balaban J connectivity index is 1.66. The molecule has 2 N–H and O–H groups in total. The van der Waals surface area contributed by atoms with Gasteiger partial charge in [0.2, 0.25) is 0 Å². The summed E-state index contributed by atoms with van der Waals surface area (Å²) in [7, 11) is -3.38. The topological polar surface area (TPSA) is 88.4 Å². The number of nitrogens with one attached hydrogen (secondary N) is 1. The van der Waals surface area contributed by atoms with Gasteiger partial charge in [0.05, 0.1) is 29.8 Å². The van der Waals surface area contributed by atoms with Crippen LogP contribution in [0.1, 0.15) is 48.4 Å². The number of alkyl halides is 1. The Labute approximate surface area is 229 Å². The van der Waals surface area contributed by atoms with Gasteiger partial charge in [-0.05, 0) is 72.1 Å². The first-order valence-electron chi connectivity index (χ1n) is 13.1. The number of amides is 1. The van der Waals surface area contributed by atoms with Crippen molar-refractivity contribution in [2.75, 3.05) is 19.0 Å². The number of aryl methyl sites for hydroxylation is 2. The van der Waals surface area contributed by atoms with E-state index in [1.54, 1.807) is 73.0 Å². The summed E-state index contributed by atoms with van der Waals surface area (Å²) in [5.41, 5.74) is 2.69. The lowest BCUT2D eigenvalue weighted by Gasteiger charge is -2.17. The Morgan fingerprint density at radius 2 is 1.87 bits per heavy atom. The number of sulfone groups is 1. The van der Waals surface area contributed by atoms with Crippen molar-refractivity contribution in [1.29, 1.82) is 0 Å². The predicted octanol–water partition coefficient (Wildman–Crippen LogP) is 5.42. The van der Waals surface area contributed by atoms with Crippen molar-refractivity contribution in [2.24, 2.45) is 0 Å². The molecule has 1 heterocycles. The van der Waals surface area contributed by atoms with E-state index < -0.39 is 41.4 Å². The summed E-state index contributed by atoms with van der Waals surface area (Å²) in [6.45, 7) is 2.14. The number of rotatable bonds is 10. The quantitative estimate of drug-likeness (QED) is 0.272. The second kappa shape index (κ2) is 11.7. The molecule has 0 saturated carbocycles. The third-order valence-electron chi connectivity index (χ3n) is 6.43. The van der Waals surface area contributed by atoms with Gasteiger partial charge >= 0.3 is 0 Å². The summed E-state index contributed by atoms with van der Waals surface area (Å²) in [5.74, 6) is -0.521. The maximum Gasteiger partial charge on any atom is 0.251 e. The fourth-order valence-electron chi connectivity index (χ4n) is 4.30. The van der Waals surface area contributed by atoms with Gasteiger partial charge < -0.3 is 15.0 Å². The molecular formula is C29H30ClFN2O4S. The van der Waals surface area contributed by atoms with E-state index in [0.717, 1.165) is 0 Å². The highest BCUT2D eigenvalue weighted by Crippen LogP contribution is 2.26. The molecule has 38 heavy (non-hydrogen) atoms. The number of hydrogen-bond donors (Lipinski definition) is 2. The number of carbonyl (C=O) groups is 1. The van der Waals surface area contributed by atoms with Gasteiger partial charge in [-0.1, -0.05) is 36.7 Å². The molecule has 1 atom stereocenters. The van der Waals surface area contributed by atoms with Gasteiger partial charge in [0.15, 0.2) is 9.84 Å². The zero-order chi connectivity index (χ0) is 29.2. The summed E-state index contributed by atoms with van der Waals surface area (Å²) in [4.78, 5) is 13.3. The molecule has 0 aliphatic heterocycles. The molecule has 0 unspecified atom stereocenters. The molecule has 1 amide bonds. The van der Waals surface area contributed by atoms with Crippen molar-refractivity contribution >= 4 is 38.2 Å². The molecule has 0 aliphatic rings. The third-order valence-corrected chi connectivity index (χ3v) is 8.42. The van der Waals surface area contributed by atoms with Gasteiger partial charge in [0.1, 0.15) is 6.67 Å². The van der Waals surface area contributed by atoms with E-state index in [1.165, 1.54) is 12.1 Å². The van der Waals surface area contributed by atoms with Crippen LogP contribution in [-0.2, 0) is 22.8 Å². The van der Waals surface area contributed by atoms with Crippen molar-refractivity contribution in [3.63, 3.8) is 0 Å². The summed E-state index contributed by atoms with van der Waals surface area (Å²) < 4.78 is 57.2. The van der Waals surface area contributed by atoms with E-state index in [-0.39, 0.29) is 28.5 Å². The number of aliphatic hydroxyl groups is 1. The molecule has 0 fully saturated rings. The minimum atomic E-state index is -3.38. The first-order valence-corrected chi connectivity index (χ1v) is 14.2. The van der Waals surface area contributed by atoms with Gasteiger partial charge in [0.25, 0.3) is 5.91 Å². The lowest BCUT2D eigenvalue weighted by Crippen LogP contribution is -2.30. The van der Waals surface area contributed by atoms with Crippen LogP contribution in [0.25, 0.3) is 10.9 Å². The largest absolute Gasteiger partial charge is 0.394 e. The highest BCUT2D eigenvalue weighted by atomic mass is 35.5. The van der Waals surface area contributed by atoms with Crippen LogP contribution in [0, 0.1) is 6.92 Å². The van der Waals surface area contributed by atoms with Gasteiger partial charge in [-0.3, -0.25) is 4.79 Å². The minimum Gasteiger partial charge on any atom is -0.394 e. The number of benzene rings is 3. The molecule has 9 heteroatoms. The molecule has 3 aromatic carbocycles. The van der Waals surface area contributed by atoms with Gasteiger partial charge in [-0.15, -0.1) is 0 Å². The van der Waals surface area contributed by atoms with E-state index in [2.05, 4.69) is 5.32 Å². The zero-order valence-corrected chi connectivity index (χ0v) is 22.6. The first-order chi connectivity index (χ1) is 18.9. The molecule has 0 radical (unpaired) electrons. The number of nitrogens with zero attached hydrogens (tertiary/aromatic N) is 1. The number of hydrogen-bond acceptors (Lipinski definition) is 4. The van der Waals surface area contributed by atoms with Crippen molar-refractivity contribution in [1.82, 2.24) is 9.88 Å². The molecule has 4 rings (SSSR count). The average molecular weight is 559 g/mol. The van der Waals surface area contributed by atoms with E-state index in [9.17, 15) is 22.7 Å². The van der Waals surface area contributed by atoms with Crippen molar-refractivity contribution in [3.05, 3.63) is 99.7 Å². The summed E-state index contributed by atoms with van der Waals surface area (Å²) in [6.07, 6.45) is -1.97. The fourth-order valence-corrected chi connectivity index (χ4v) is 5.41. The molecule has 4 aromatic rings. The van der Waals surface area contributed by atoms with Gasteiger partial charge in [0, 0.05) is 36.3 Å². The average Bonchev–Trinajstić information content (AvgIpc) is 3.30. The second-order valence-corrected chi connectivity index (χ2v) is 11.6. The molecular weight excluding hydrogens is 527 g/mol. The van der Waals surface area contributed by atoms with Crippen LogP contribution in [0.15, 0.2) is 71.6 Å². The van der Waals surface area contributed by atoms with Crippen LogP contribution in [0.3, 0.4) is 0 Å². The molecule has 200 valence electrons. The lowest BCUT2D eigenvalue weighted by molar-refractivity contribution is 0.0916. The van der Waals surface area contributed by atoms with E-state index >= 15 is 0 Å². The Bertz CT molecular complexity index is 1660. The SMILES string of the molecule is [2H]C([2H])(c1ccc(Cl)cc1C)c1cc2cc(C(=O)N[C@@H](CO)c3ccc(S(=O)(=O)CC)cc3)ccc2n1CCF. The Morgan fingerprint density at radius 3 is 2.50 bits per heavy atom. The highest BCUT2D eigenvalue weighted by molar-refractivity contribution is 7.91. The zero-order valence-electron chi connectivity index (χ0n) is 23.0. The smallest absolute Gasteiger partial charge is 0.251 e. The molecule has 1 aromatic heterocycles. The monoisotopic (exact) mass is 558 g/mol. The number of fused-ring (bicyclic) bond motifs is 1. The van der Waals surface area contributed by atoms with Crippen LogP contribution in [-0.4, -0.2) is 43.0 Å². The maximum atomic E-state index is 13.6. The normalized spacial score (nSPS) is 13.7. The minimum absolute atomic E-state index is 0.0371. The highest BCUT2D eigenvalue weighted by Gasteiger charge is 2.19. The summed E-state index contributed by atoms with van der Waals surface area (Å²) >= 11 is 6.07. The molecule has 6 nitrogen and oxygen atoms in total. The van der Waals surface area contributed by atoms with Crippen molar-refractivity contribution < 1.29 is 25.5 Å². The number of aromatic nitrogens is 1. The van der Waals surface area contributed by atoms with Gasteiger partial charge in [-0.25, -0.2) is 12.8 Å². The third kappa shape index (κ3) is 5.93.